The van der Waals surface area contributed by atoms with Crippen LogP contribution in [0, 0.1) is 5.92 Å². The van der Waals surface area contributed by atoms with Gasteiger partial charge >= 0.3 is 0 Å². The molecule has 1 fully saturated rings. The molecule has 1 aromatic carbocycles. The molecule has 0 bridgehead atoms. The summed E-state index contributed by atoms with van der Waals surface area (Å²) in [5, 5.41) is 10.6. The fourth-order valence-electron chi connectivity index (χ4n) is 3.14. The fourth-order valence-corrected chi connectivity index (χ4v) is 3.73. The van der Waals surface area contributed by atoms with E-state index in [1.54, 1.807) is 0 Å². The van der Waals surface area contributed by atoms with Crippen molar-refractivity contribution in [3.63, 3.8) is 0 Å². The molecule has 4 nitrogen and oxygen atoms in total. The van der Waals surface area contributed by atoms with E-state index in [1.165, 1.54) is 19.3 Å². The Hall–Kier alpha value is -0.490. The van der Waals surface area contributed by atoms with Crippen molar-refractivity contribution in [3.8, 4) is 11.5 Å². The molecule has 1 heterocycles. The summed E-state index contributed by atoms with van der Waals surface area (Å²) in [6.07, 6.45) is 5.28. The average Bonchev–Trinajstić information content (AvgIpc) is 2.93. The Kier molecular flexibility index (Phi) is 5.77. The standard InChI is InChI=1S/C15H20BrNO3.ClH/c16-11-7-13-12(19-8-20-13)6-10(11)14(17)15(18)9-4-2-1-3-5-9;/h6-7,9,14-15,18H,1-5,8,17H2;1H/t14-,15+;/m0./s1. The summed E-state index contributed by atoms with van der Waals surface area (Å²) in [6, 6.07) is 3.34. The van der Waals surface area contributed by atoms with E-state index in [-0.39, 0.29) is 19.2 Å². The third kappa shape index (κ3) is 3.47. The van der Waals surface area contributed by atoms with Crippen LogP contribution in [0.3, 0.4) is 0 Å². The van der Waals surface area contributed by atoms with Crippen LogP contribution in [0.2, 0.25) is 0 Å². The summed E-state index contributed by atoms with van der Waals surface area (Å²) in [6.45, 7) is 0.242. The van der Waals surface area contributed by atoms with Crippen molar-refractivity contribution in [3.05, 3.63) is 22.2 Å². The van der Waals surface area contributed by atoms with E-state index >= 15 is 0 Å². The summed E-state index contributed by atoms with van der Waals surface area (Å²) in [4.78, 5) is 0. The molecule has 6 heteroatoms. The van der Waals surface area contributed by atoms with E-state index < -0.39 is 12.1 Å². The number of aliphatic hydroxyl groups excluding tert-OH is 1. The van der Waals surface area contributed by atoms with Gasteiger partial charge in [0.15, 0.2) is 11.5 Å². The van der Waals surface area contributed by atoms with Crippen molar-refractivity contribution in [2.75, 3.05) is 6.79 Å². The van der Waals surface area contributed by atoms with Crippen molar-refractivity contribution in [2.45, 2.75) is 44.2 Å². The van der Waals surface area contributed by atoms with Gasteiger partial charge in [-0.15, -0.1) is 12.4 Å². The van der Waals surface area contributed by atoms with Crippen LogP contribution in [0.25, 0.3) is 0 Å². The van der Waals surface area contributed by atoms with Gasteiger partial charge in [0, 0.05) is 4.47 Å². The van der Waals surface area contributed by atoms with Crippen molar-refractivity contribution < 1.29 is 14.6 Å². The molecule has 0 unspecified atom stereocenters. The topological polar surface area (TPSA) is 64.7 Å². The Morgan fingerprint density at radius 3 is 2.43 bits per heavy atom. The molecule has 1 aromatic rings. The number of hydrogen-bond acceptors (Lipinski definition) is 4. The molecule has 0 radical (unpaired) electrons. The predicted octanol–water partition coefficient (Wildman–Crippen LogP) is 3.54. The molecule has 1 saturated carbocycles. The minimum Gasteiger partial charge on any atom is -0.454 e. The highest BCUT2D eigenvalue weighted by Gasteiger charge is 2.30. The highest BCUT2D eigenvalue weighted by molar-refractivity contribution is 9.10. The molecule has 0 aromatic heterocycles. The molecule has 3 rings (SSSR count). The van der Waals surface area contributed by atoms with Gasteiger partial charge in [0.2, 0.25) is 6.79 Å². The van der Waals surface area contributed by atoms with Gasteiger partial charge in [-0.2, -0.15) is 0 Å². The third-order valence-corrected chi connectivity index (χ3v) is 5.04. The van der Waals surface area contributed by atoms with Gasteiger partial charge in [-0.1, -0.05) is 35.2 Å². The van der Waals surface area contributed by atoms with Crippen molar-refractivity contribution in [1.29, 1.82) is 0 Å². The molecular weight excluding hydrogens is 358 g/mol. The number of benzene rings is 1. The van der Waals surface area contributed by atoms with Crippen LogP contribution in [0.1, 0.15) is 43.7 Å². The minimum atomic E-state index is -0.507. The first-order valence-corrected chi connectivity index (χ1v) is 7.99. The number of hydrogen-bond donors (Lipinski definition) is 2. The Balaban J connectivity index is 0.00000161. The quantitative estimate of drug-likeness (QED) is 0.844. The first-order chi connectivity index (χ1) is 9.66. The number of ether oxygens (including phenoxy) is 2. The molecule has 3 N–H and O–H groups in total. The van der Waals surface area contributed by atoms with Crippen molar-refractivity contribution in [1.82, 2.24) is 0 Å². The van der Waals surface area contributed by atoms with E-state index in [9.17, 15) is 5.11 Å². The lowest BCUT2D eigenvalue weighted by Gasteiger charge is -2.31. The zero-order valence-corrected chi connectivity index (χ0v) is 14.2. The van der Waals surface area contributed by atoms with Crippen LogP contribution < -0.4 is 15.2 Å². The molecular formula is C15H21BrClNO3. The third-order valence-electron chi connectivity index (χ3n) is 4.35. The zero-order valence-electron chi connectivity index (χ0n) is 11.8. The Morgan fingerprint density at radius 2 is 1.76 bits per heavy atom. The predicted molar refractivity (Wildman–Crippen MR) is 87.0 cm³/mol. The summed E-state index contributed by atoms with van der Waals surface area (Å²) in [5.41, 5.74) is 7.17. The first-order valence-electron chi connectivity index (χ1n) is 7.19. The second-order valence-corrected chi connectivity index (χ2v) is 6.50. The molecule has 118 valence electrons. The molecule has 0 spiro atoms. The summed E-state index contributed by atoms with van der Waals surface area (Å²) in [7, 11) is 0. The lowest BCUT2D eigenvalue weighted by atomic mass is 9.81. The van der Waals surface area contributed by atoms with E-state index in [1.807, 2.05) is 12.1 Å². The summed E-state index contributed by atoms with van der Waals surface area (Å²) < 4.78 is 11.6. The Labute approximate surface area is 139 Å². The molecule has 21 heavy (non-hydrogen) atoms. The van der Waals surface area contributed by atoms with Crippen molar-refractivity contribution in [2.24, 2.45) is 11.7 Å². The van der Waals surface area contributed by atoms with Crippen molar-refractivity contribution >= 4 is 28.3 Å². The normalized spacial score (nSPS) is 20.7. The highest BCUT2D eigenvalue weighted by Crippen LogP contribution is 2.40. The number of aliphatic hydroxyl groups is 1. The fraction of sp³-hybridized carbons (Fsp3) is 0.600. The maximum Gasteiger partial charge on any atom is 0.231 e. The van der Waals surface area contributed by atoms with Gasteiger partial charge in [0.1, 0.15) is 0 Å². The number of nitrogens with two attached hydrogens (primary N) is 1. The van der Waals surface area contributed by atoms with E-state index in [4.69, 9.17) is 15.2 Å². The molecule has 1 aliphatic heterocycles. The van der Waals surface area contributed by atoms with Gasteiger partial charge in [0.05, 0.1) is 12.1 Å². The molecule has 0 amide bonds. The SMILES string of the molecule is Cl.N[C@@H](c1cc2c(cc1Br)OCO2)[C@H](O)C1CCCCC1. The number of fused-ring (bicyclic) bond motifs is 1. The molecule has 2 atom stereocenters. The Morgan fingerprint density at radius 1 is 1.14 bits per heavy atom. The van der Waals surface area contributed by atoms with Gasteiger partial charge < -0.3 is 20.3 Å². The van der Waals surface area contributed by atoms with Crippen LogP contribution in [0.4, 0.5) is 0 Å². The first kappa shape index (κ1) is 16.9. The van der Waals surface area contributed by atoms with Gasteiger partial charge in [-0.05, 0) is 36.5 Å². The van der Waals surface area contributed by atoms with Crippen LogP contribution >= 0.6 is 28.3 Å². The van der Waals surface area contributed by atoms with Gasteiger partial charge in [-0.3, -0.25) is 0 Å². The van der Waals surface area contributed by atoms with E-state index in [2.05, 4.69) is 15.9 Å². The minimum absolute atomic E-state index is 0. The smallest absolute Gasteiger partial charge is 0.231 e. The lowest BCUT2D eigenvalue weighted by molar-refractivity contribution is 0.0615. The summed E-state index contributed by atoms with van der Waals surface area (Å²) in [5.74, 6) is 1.73. The maximum atomic E-state index is 10.6. The maximum absolute atomic E-state index is 10.6. The monoisotopic (exact) mass is 377 g/mol. The zero-order chi connectivity index (χ0) is 14.1. The van der Waals surface area contributed by atoms with Gasteiger partial charge in [0.25, 0.3) is 0 Å². The lowest BCUT2D eigenvalue weighted by Crippen LogP contribution is -2.34. The molecule has 2 aliphatic rings. The molecule has 1 aliphatic carbocycles. The van der Waals surface area contributed by atoms with Crippen LogP contribution in [0.15, 0.2) is 16.6 Å². The van der Waals surface area contributed by atoms with Crippen LogP contribution in [-0.4, -0.2) is 18.0 Å². The second kappa shape index (κ2) is 7.18. The van der Waals surface area contributed by atoms with E-state index in [0.29, 0.717) is 11.7 Å². The van der Waals surface area contributed by atoms with E-state index in [0.717, 1.165) is 28.6 Å². The van der Waals surface area contributed by atoms with Crippen LogP contribution in [0.5, 0.6) is 11.5 Å². The number of rotatable bonds is 3. The summed E-state index contributed by atoms with van der Waals surface area (Å²) >= 11 is 3.52. The highest BCUT2D eigenvalue weighted by atomic mass is 79.9. The molecule has 0 saturated heterocycles. The van der Waals surface area contributed by atoms with Crippen LogP contribution in [-0.2, 0) is 0 Å². The largest absolute Gasteiger partial charge is 0.454 e. The average molecular weight is 379 g/mol. The second-order valence-electron chi connectivity index (χ2n) is 5.64. The number of halogens is 2. The Bertz CT molecular complexity index is 494. The van der Waals surface area contributed by atoms with Gasteiger partial charge in [-0.25, -0.2) is 0 Å².